The van der Waals surface area contributed by atoms with Crippen LogP contribution in [0.1, 0.15) is 40.0 Å². The Kier molecular flexibility index (Phi) is 6.80. The van der Waals surface area contributed by atoms with Gasteiger partial charge >= 0.3 is 11.9 Å². The van der Waals surface area contributed by atoms with Crippen LogP contribution in [0, 0.1) is 0 Å². The minimum Gasteiger partial charge on any atom is -0.463 e. The molecule has 0 N–H and O–H groups in total. The van der Waals surface area contributed by atoms with Gasteiger partial charge in [-0.3, -0.25) is 4.79 Å². The highest BCUT2D eigenvalue weighted by molar-refractivity contribution is 5.78. The lowest BCUT2D eigenvalue weighted by atomic mass is 10.3. The van der Waals surface area contributed by atoms with Crippen LogP contribution in [0.15, 0.2) is 0 Å². The average Bonchev–Trinajstić information content (AvgIpc) is 2.14. The smallest absolute Gasteiger partial charge is 0.347 e. The molecule has 82 valence electrons. The van der Waals surface area contributed by atoms with E-state index in [2.05, 4.69) is 0 Å². The lowest BCUT2D eigenvalue weighted by Crippen LogP contribution is -2.27. The van der Waals surface area contributed by atoms with E-state index in [1.165, 1.54) is 6.92 Å². The van der Waals surface area contributed by atoms with Crippen molar-refractivity contribution in [2.75, 3.05) is 6.61 Å². The molecule has 0 bridgehead atoms. The second-order valence-electron chi connectivity index (χ2n) is 3.03. The molecule has 0 rings (SSSR count). The zero-order valence-electron chi connectivity index (χ0n) is 9.04. The van der Waals surface area contributed by atoms with Crippen molar-refractivity contribution in [1.29, 1.82) is 0 Å². The van der Waals surface area contributed by atoms with Crippen LogP contribution in [0.3, 0.4) is 0 Å². The number of hydrogen-bond donors (Lipinski definition) is 0. The third-order valence-electron chi connectivity index (χ3n) is 1.68. The van der Waals surface area contributed by atoms with Crippen LogP contribution in [0.25, 0.3) is 0 Å². The summed E-state index contributed by atoms with van der Waals surface area (Å²) in [5.74, 6) is -0.902. The van der Waals surface area contributed by atoms with Crippen molar-refractivity contribution >= 4 is 11.9 Å². The largest absolute Gasteiger partial charge is 0.463 e. The molecule has 0 radical (unpaired) electrons. The molecule has 0 saturated carbocycles. The third kappa shape index (κ3) is 5.56. The van der Waals surface area contributed by atoms with Crippen LogP contribution in [-0.4, -0.2) is 24.6 Å². The van der Waals surface area contributed by atoms with E-state index in [1.807, 2.05) is 6.92 Å². The minimum atomic E-state index is -0.746. The summed E-state index contributed by atoms with van der Waals surface area (Å²) >= 11 is 0. The highest BCUT2D eigenvalue weighted by Crippen LogP contribution is 2.02. The first-order valence-electron chi connectivity index (χ1n) is 4.95. The molecule has 0 unspecified atom stereocenters. The highest BCUT2D eigenvalue weighted by atomic mass is 16.6. The van der Waals surface area contributed by atoms with Gasteiger partial charge in [-0.05, 0) is 12.8 Å². The number of carbonyl (C=O) groups excluding carboxylic acids is 2. The Labute approximate surface area is 84.6 Å². The first kappa shape index (κ1) is 12.9. The summed E-state index contributed by atoms with van der Waals surface area (Å²) in [7, 11) is 0. The summed E-state index contributed by atoms with van der Waals surface area (Å²) < 4.78 is 9.70. The number of rotatable bonds is 6. The third-order valence-corrected chi connectivity index (χ3v) is 1.68. The molecule has 1 atom stereocenters. The summed E-state index contributed by atoms with van der Waals surface area (Å²) in [6.45, 7) is 5.46. The Morgan fingerprint density at radius 3 is 2.36 bits per heavy atom. The van der Waals surface area contributed by atoms with Gasteiger partial charge in [0.1, 0.15) is 0 Å². The molecule has 0 aromatic heterocycles. The molecule has 0 aliphatic carbocycles. The Balaban J connectivity index is 3.85. The fourth-order valence-electron chi connectivity index (χ4n) is 0.908. The topological polar surface area (TPSA) is 52.6 Å². The maximum atomic E-state index is 11.3. The minimum absolute atomic E-state index is 0.396. The van der Waals surface area contributed by atoms with Crippen molar-refractivity contribution < 1.29 is 19.1 Å². The summed E-state index contributed by atoms with van der Waals surface area (Å²) in [5.41, 5.74) is 0. The van der Waals surface area contributed by atoms with E-state index in [9.17, 15) is 9.59 Å². The lowest BCUT2D eigenvalue weighted by Gasteiger charge is -2.13. The second-order valence-corrected chi connectivity index (χ2v) is 3.03. The molecule has 0 aliphatic heterocycles. The van der Waals surface area contributed by atoms with Crippen molar-refractivity contribution in [2.24, 2.45) is 0 Å². The normalized spacial score (nSPS) is 11.9. The zero-order valence-corrected chi connectivity index (χ0v) is 9.04. The van der Waals surface area contributed by atoms with Gasteiger partial charge in [0.25, 0.3) is 0 Å². The number of esters is 2. The van der Waals surface area contributed by atoms with Gasteiger partial charge in [-0.15, -0.1) is 0 Å². The molecular formula is C10H18O4. The van der Waals surface area contributed by atoms with E-state index < -0.39 is 18.0 Å². The van der Waals surface area contributed by atoms with Gasteiger partial charge in [-0.2, -0.15) is 0 Å². The molecule has 0 aromatic carbocycles. The van der Waals surface area contributed by atoms with E-state index >= 15 is 0 Å². The Morgan fingerprint density at radius 1 is 1.29 bits per heavy atom. The number of hydrogen-bond acceptors (Lipinski definition) is 4. The van der Waals surface area contributed by atoms with Crippen LogP contribution in [0.4, 0.5) is 0 Å². The van der Waals surface area contributed by atoms with Gasteiger partial charge in [0, 0.05) is 6.92 Å². The molecule has 4 heteroatoms. The van der Waals surface area contributed by atoms with Gasteiger partial charge in [-0.25, -0.2) is 4.79 Å². The van der Waals surface area contributed by atoms with Crippen molar-refractivity contribution in [3.63, 3.8) is 0 Å². The standard InChI is InChI=1S/C10H18O4/c1-4-6-7-13-10(12)9(5-2)14-8(3)11/h9H,4-7H2,1-3H3/t9-/m1/s1. The van der Waals surface area contributed by atoms with Crippen LogP contribution in [0.5, 0.6) is 0 Å². The predicted molar refractivity (Wildman–Crippen MR) is 51.7 cm³/mol. The average molecular weight is 202 g/mol. The molecule has 14 heavy (non-hydrogen) atoms. The SMILES string of the molecule is CCCCOC(=O)[C@@H](CC)OC(C)=O. The molecule has 0 spiro atoms. The zero-order chi connectivity index (χ0) is 11.0. The van der Waals surface area contributed by atoms with E-state index in [4.69, 9.17) is 9.47 Å². The van der Waals surface area contributed by atoms with Gasteiger partial charge in [0.2, 0.25) is 0 Å². The first-order valence-corrected chi connectivity index (χ1v) is 4.95. The monoisotopic (exact) mass is 202 g/mol. The Hall–Kier alpha value is -1.06. The van der Waals surface area contributed by atoms with Crippen LogP contribution >= 0.6 is 0 Å². The predicted octanol–water partition coefficient (Wildman–Crippen LogP) is 1.67. The second kappa shape index (κ2) is 7.35. The molecule has 4 nitrogen and oxygen atoms in total. The lowest BCUT2D eigenvalue weighted by molar-refractivity contribution is -0.166. The van der Waals surface area contributed by atoms with E-state index in [1.54, 1.807) is 6.92 Å². The maximum absolute atomic E-state index is 11.3. The molecule has 0 fully saturated rings. The highest BCUT2D eigenvalue weighted by Gasteiger charge is 2.20. The van der Waals surface area contributed by atoms with Crippen molar-refractivity contribution in [1.82, 2.24) is 0 Å². The van der Waals surface area contributed by atoms with E-state index in [0.717, 1.165) is 12.8 Å². The molecule has 0 saturated heterocycles. The Morgan fingerprint density at radius 2 is 1.93 bits per heavy atom. The number of carbonyl (C=O) groups is 2. The fourth-order valence-corrected chi connectivity index (χ4v) is 0.908. The molecule has 0 heterocycles. The summed E-state index contributed by atoms with van der Waals surface area (Å²) in [4.78, 5) is 21.9. The van der Waals surface area contributed by atoms with Crippen LogP contribution in [0.2, 0.25) is 0 Å². The van der Waals surface area contributed by atoms with Gasteiger partial charge in [0.05, 0.1) is 6.61 Å². The van der Waals surface area contributed by atoms with Gasteiger partial charge in [0.15, 0.2) is 6.10 Å². The molecule has 0 aliphatic rings. The number of unbranched alkanes of at least 4 members (excludes halogenated alkanes) is 1. The fraction of sp³-hybridized carbons (Fsp3) is 0.800. The summed E-state index contributed by atoms with van der Waals surface area (Å²) in [6.07, 6.45) is 1.51. The number of ether oxygens (including phenoxy) is 2. The maximum Gasteiger partial charge on any atom is 0.347 e. The molecular weight excluding hydrogens is 184 g/mol. The van der Waals surface area contributed by atoms with Crippen LogP contribution in [-0.2, 0) is 19.1 Å². The molecule has 0 amide bonds. The van der Waals surface area contributed by atoms with Crippen molar-refractivity contribution in [3.8, 4) is 0 Å². The van der Waals surface area contributed by atoms with Gasteiger partial charge in [-0.1, -0.05) is 20.3 Å². The van der Waals surface area contributed by atoms with Crippen LogP contribution < -0.4 is 0 Å². The van der Waals surface area contributed by atoms with Gasteiger partial charge < -0.3 is 9.47 Å². The van der Waals surface area contributed by atoms with E-state index in [-0.39, 0.29) is 0 Å². The first-order chi connectivity index (χ1) is 6.61. The van der Waals surface area contributed by atoms with E-state index in [0.29, 0.717) is 13.0 Å². The van der Waals surface area contributed by atoms with Crippen molar-refractivity contribution in [3.05, 3.63) is 0 Å². The summed E-state index contributed by atoms with van der Waals surface area (Å²) in [5, 5.41) is 0. The summed E-state index contributed by atoms with van der Waals surface area (Å²) in [6, 6.07) is 0. The molecule has 0 aromatic rings. The Bertz CT molecular complexity index is 189. The quantitative estimate of drug-likeness (QED) is 0.485. The van der Waals surface area contributed by atoms with Crippen molar-refractivity contribution in [2.45, 2.75) is 46.1 Å².